The quantitative estimate of drug-likeness (QED) is 0.404. The summed E-state index contributed by atoms with van der Waals surface area (Å²) < 4.78 is 56.3. The van der Waals surface area contributed by atoms with E-state index < -0.39 is 56.9 Å². The number of rotatable bonds is 6. The molecule has 12 heteroatoms. The molecule has 1 fully saturated rings. The first-order chi connectivity index (χ1) is 16.3. The molecule has 2 aliphatic rings. The van der Waals surface area contributed by atoms with E-state index in [1.54, 1.807) is 6.92 Å². The fourth-order valence-electron chi connectivity index (χ4n) is 3.95. The molecule has 3 N–H and O–H groups in total. The molecule has 186 valence electrons. The van der Waals surface area contributed by atoms with Crippen LogP contribution < -0.4 is 11.1 Å². The first-order valence-corrected chi connectivity index (χ1v) is 11.2. The van der Waals surface area contributed by atoms with Crippen molar-refractivity contribution in [2.45, 2.75) is 38.0 Å². The zero-order valence-electron chi connectivity index (χ0n) is 18.2. The minimum absolute atomic E-state index is 0.0281. The second-order valence-corrected chi connectivity index (χ2v) is 9.56. The third-order valence-corrected chi connectivity index (χ3v) is 6.95. The van der Waals surface area contributed by atoms with Gasteiger partial charge in [-0.3, -0.25) is 9.59 Å². The van der Waals surface area contributed by atoms with Crippen LogP contribution in [0.4, 0.5) is 17.6 Å². The van der Waals surface area contributed by atoms with Gasteiger partial charge in [-0.25, -0.2) is 4.39 Å². The van der Waals surface area contributed by atoms with Gasteiger partial charge in [-0.15, -0.1) is 0 Å². The molecular formula is C23H19Cl2F4N3O3. The smallest absolute Gasteiger partial charge is 0.374 e. The van der Waals surface area contributed by atoms with Crippen LogP contribution in [-0.4, -0.2) is 30.2 Å². The summed E-state index contributed by atoms with van der Waals surface area (Å²) in [7, 11) is 0. The number of hydrogen-bond acceptors (Lipinski definition) is 4. The average Bonchev–Trinajstić information content (AvgIpc) is 3.44. The van der Waals surface area contributed by atoms with Crippen molar-refractivity contribution >= 4 is 40.7 Å². The van der Waals surface area contributed by atoms with Gasteiger partial charge in [-0.05, 0) is 55.2 Å². The van der Waals surface area contributed by atoms with Crippen LogP contribution in [0.5, 0.6) is 0 Å². The van der Waals surface area contributed by atoms with Crippen LogP contribution in [0.15, 0.2) is 35.5 Å². The number of aryl methyl sites for hydroxylation is 1. The summed E-state index contributed by atoms with van der Waals surface area (Å²) in [6, 6.07) is 6.03. The number of nitrogens with zero attached hydrogens (tertiary/aromatic N) is 1. The van der Waals surface area contributed by atoms with Crippen molar-refractivity contribution in [1.29, 1.82) is 0 Å². The molecule has 1 atom stereocenters. The van der Waals surface area contributed by atoms with Gasteiger partial charge in [0.05, 0.1) is 21.2 Å². The number of nitrogens with one attached hydrogen (secondary N) is 1. The maximum atomic E-state index is 14.2. The Balaban J connectivity index is 1.57. The van der Waals surface area contributed by atoms with Crippen LogP contribution in [0.25, 0.3) is 0 Å². The molecule has 0 bridgehead atoms. The highest BCUT2D eigenvalue weighted by Gasteiger charge is 2.62. The van der Waals surface area contributed by atoms with E-state index in [2.05, 4.69) is 10.5 Å². The number of amides is 2. The van der Waals surface area contributed by atoms with Crippen LogP contribution in [0.1, 0.15) is 46.3 Å². The van der Waals surface area contributed by atoms with E-state index in [4.69, 9.17) is 33.8 Å². The van der Waals surface area contributed by atoms with E-state index in [0.717, 1.165) is 12.1 Å². The summed E-state index contributed by atoms with van der Waals surface area (Å²) in [5.74, 6) is -1.95. The molecule has 0 saturated heterocycles. The highest BCUT2D eigenvalue weighted by atomic mass is 35.5. The number of benzene rings is 2. The van der Waals surface area contributed by atoms with E-state index in [9.17, 15) is 27.2 Å². The van der Waals surface area contributed by atoms with Crippen molar-refractivity contribution in [1.82, 2.24) is 5.32 Å². The van der Waals surface area contributed by atoms with Gasteiger partial charge in [0, 0.05) is 24.1 Å². The number of alkyl halides is 3. The topological polar surface area (TPSA) is 93.8 Å². The minimum atomic E-state index is -4.93. The van der Waals surface area contributed by atoms with Crippen LogP contribution in [0.2, 0.25) is 10.0 Å². The zero-order valence-corrected chi connectivity index (χ0v) is 19.7. The maximum Gasteiger partial charge on any atom is 0.435 e. The lowest BCUT2D eigenvalue weighted by atomic mass is 9.86. The molecule has 2 aromatic rings. The first kappa shape index (κ1) is 25.2. The normalized spacial score (nSPS) is 20.7. The number of oxime groups is 1. The molecule has 1 saturated carbocycles. The fourth-order valence-corrected chi connectivity index (χ4v) is 4.44. The van der Waals surface area contributed by atoms with Crippen molar-refractivity contribution in [3.8, 4) is 0 Å². The molecule has 6 nitrogen and oxygen atoms in total. The number of halogens is 6. The molecule has 35 heavy (non-hydrogen) atoms. The first-order valence-electron chi connectivity index (χ1n) is 10.5. The van der Waals surface area contributed by atoms with E-state index in [1.165, 1.54) is 18.2 Å². The van der Waals surface area contributed by atoms with Gasteiger partial charge in [0.2, 0.25) is 5.91 Å². The number of primary amides is 1. The van der Waals surface area contributed by atoms with Gasteiger partial charge in [0.25, 0.3) is 11.5 Å². The summed E-state index contributed by atoms with van der Waals surface area (Å²) in [6.07, 6.45) is -4.45. The van der Waals surface area contributed by atoms with Crippen molar-refractivity contribution < 1.29 is 32.0 Å². The van der Waals surface area contributed by atoms with Gasteiger partial charge < -0.3 is 15.9 Å². The van der Waals surface area contributed by atoms with Gasteiger partial charge >= 0.3 is 6.18 Å². The lowest BCUT2D eigenvalue weighted by molar-refractivity contribution is -0.275. The molecule has 0 aromatic heterocycles. The van der Waals surface area contributed by atoms with Crippen molar-refractivity contribution in [3.63, 3.8) is 0 Å². The second kappa shape index (κ2) is 8.67. The monoisotopic (exact) mass is 531 g/mol. The van der Waals surface area contributed by atoms with Crippen molar-refractivity contribution in [2.24, 2.45) is 16.3 Å². The van der Waals surface area contributed by atoms with E-state index in [1.807, 2.05) is 0 Å². The Hall–Kier alpha value is -2.85. The van der Waals surface area contributed by atoms with Gasteiger partial charge in [-0.1, -0.05) is 34.4 Å². The third-order valence-electron chi connectivity index (χ3n) is 6.40. The van der Waals surface area contributed by atoms with Gasteiger partial charge in [0.1, 0.15) is 0 Å². The van der Waals surface area contributed by atoms with Gasteiger partial charge in [-0.2, -0.15) is 13.2 Å². The predicted molar refractivity (Wildman–Crippen MR) is 121 cm³/mol. The standard InChI is InChI=1S/C23H19Cl2F4N3O3/c1-11-6-12(2-3-14(11)19(33)31-10-21(4-5-21)20(30)34)17-9-22(35-32-17,23(27,28)29)13-7-15(24)18(26)16(25)8-13/h2-3,6-8H,4-5,9-10H2,1H3,(H2,30,34)(H,31,33)/t22-/m0/s1. The van der Waals surface area contributed by atoms with Crippen LogP contribution >= 0.6 is 23.2 Å². The largest absolute Gasteiger partial charge is 0.435 e. The molecule has 2 amide bonds. The Morgan fingerprint density at radius 3 is 2.31 bits per heavy atom. The molecule has 0 radical (unpaired) electrons. The fraction of sp³-hybridized carbons (Fsp3) is 0.348. The summed E-state index contributed by atoms with van der Waals surface area (Å²) in [4.78, 5) is 29.0. The zero-order chi connectivity index (χ0) is 25.8. The van der Waals surface area contributed by atoms with Crippen LogP contribution in [-0.2, 0) is 15.2 Å². The highest BCUT2D eigenvalue weighted by Crippen LogP contribution is 2.50. The second-order valence-electron chi connectivity index (χ2n) is 8.74. The van der Waals surface area contributed by atoms with E-state index in [0.29, 0.717) is 24.0 Å². The summed E-state index contributed by atoms with van der Waals surface area (Å²) in [5.41, 5.74) is 2.28. The number of nitrogens with two attached hydrogens (primary N) is 1. The van der Waals surface area contributed by atoms with Crippen molar-refractivity contribution in [3.05, 3.63) is 68.4 Å². The Labute approximate surface area is 207 Å². The van der Waals surface area contributed by atoms with Crippen LogP contribution in [0.3, 0.4) is 0 Å². The Morgan fingerprint density at radius 2 is 1.80 bits per heavy atom. The summed E-state index contributed by atoms with van der Waals surface area (Å²) >= 11 is 11.4. The highest BCUT2D eigenvalue weighted by molar-refractivity contribution is 6.35. The Bertz CT molecular complexity index is 1240. The maximum absolute atomic E-state index is 14.2. The number of carbonyl (C=O) groups excluding carboxylic acids is 2. The molecule has 2 aromatic carbocycles. The van der Waals surface area contributed by atoms with Crippen LogP contribution in [0, 0.1) is 18.2 Å². The molecule has 1 aliphatic heterocycles. The lowest BCUT2D eigenvalue weighted by Gasteiger charge is -2.29. The van der Waals surface area contributed by atoms with E-state index >= 15 is 0 Å². The summed E-state index contributed by atoms with van der Waals surface area (Å²) in [5, 5.41) is 5.18. The molecule has 1 aliphatic carbocycles. The Morgan fingerprint density at radius 1 is 1.17 bits per heavy atom. The molecule has 1 heterocycles. The molecular weight excluding hydrogens is 513 g/mol. The number of carbonyl (C=O) groups is 2. The molecule has 0 unspecified atom stereocenters. The minimum Gasteiger partial charge on any atom is -0.374 e. The predicted octanol–water partition coefficient (Wildman–Crippen LogP) is 5.02. The SMILES string of the molecule is Cc1cc(C2=NO[C@@](c3cc(Cl)c(F)c(Cl)c3)(C(F)(F)F)C2)ccc1C(=O)NCC1(C(N)=O)CC1. The number of hydrogen-bond donors (Lipinski definition) is 2. The lowest BCUT2D eigenvalue weighted by Crippen LogP contribution is -2.42. The summed E-state index contributed by atoms with van der Waals surface area (Å²) in [6.45, 7) is 1.73. The average molecular weight is 532 g/mol. The van der Waals surface area contributed by atoms with Gasteiger partial charge in [0.15, 0.2) is 5.82 Å². The van der Waals surface area contributed by atoms with E-state index in [-0.39, 0.29) is 17.8 Å². The van der Waals surface area contributed by atoms with Crippen molar-refractivity contribution in [2.75, 3.05) is 6.54 Å². The third kappa shape index (κ3) is 4.45. The Kier molecular flexibility index (Phi) is 6.25. The molecule has 0 spiro atoms. The molecule has 4 rings (SSSR count).